The monoisotopic (exact) mass is 228 g/mol. The number of hydrogen-bond donors (Lipinski definition) is 0. The second-order valence-electron chi connectivity index (χ2n) is 3.53. The summed E-state index contributed by atoms with van der Waals surface area (Å²) >= 11 is 0. The minimum atomic E-state index is 0.507. The number of benzene rings is 1. The standard InChI is InChI=1S/C13H12N2O2/c1-16-4-5-17-12-2-3-13-11(7-12)6-10(8-14)9-15-13/h2-3,6-7,9H,4-5H2,1H3. The predicted molar refractivity (Wildman–Crippen MR) is 63.8 cm³/mol. The SMILES string of the molecule is COCCOc1ccc2ncc(C#N)cc2c1. The molecule has 0 aliphatic heterocycles. The summed E-state index contributed by atoms with van der Waals surface area (Å²) in [6.07, 6.45) is 1.56. The van der Waals surface area contributed by atoms with Crippen LogP contribution in [0.15, 0.2) is 30.5 Å². The van der Waals surface area contributed by atoms with Gasteiger partial charge in [0, 0.05) is 18.7 Å². The molecule has 0 saturated carbocycles. The Morgan fingerprint density at radius 3 is 2.94 bits per heavy atom. The maximum atomic E-state index is 8.80. The van der Waals surface area contributed by atoms with E-state index in [1.165, 1.54) is 0 Å². The lowest BCUT2D eigenvalue weighted by atomic mass is 10.1. The summed E-state index contributed by atoms with van der Waals surface area (Å²) < 4.78 is 10.4. The van der Waals surface area contributed by atoms with Gasteiger partial charge < -0.3 is 9.47 Å². The molecule has 17 heavy (non-hydrogen) atoms. The average Bonchev–Trinajstić information content (AvgIpc) is 2.38. The highest BCUT2D eigenvalue weighted by molar-refractivity contribution is 5.81. The Morgan fingerprint density at radius 2 is 2.18 bits per heavy atom. The molecule has 0 bridgehead atoms. The van der Waals surface area contributed by atoms with Crippen LogP contribution in [0.5, 0.6) is 5.75 Å². The number of nitrogens with zero attached hydrogens (tertiary/aromatic N) is 2. The highest BCUT2D eigenvalue weighted by Crippen LogP contribution is 2.20. The molecule has 0 unspecified atom stereocenters. The van der Waals surface area contributed by atoms with Crippen molar-refractivity contribution in [2.45, 2.75) is 0 Å². The number of hydrogen-bond acceptors (Lipinski definition) is 4. The molecule has 0 atom stereocenters. The Morgan fingerprint density at radius 1 is 1.29 bits per heavy atom. The van der Waals surface area contributed by atoms with Gasteiger partial charge in [-0.2, -0.15) is 5.26 Å². The molecule has 0 spiro atoms. The number of methoxy groups -OCH3 is 1. The highest BCUT2D eigenvalue weighted by atomic mass is 16.5. The summed E-state index contributed by atoms with van der Waals surface area (Å²) in [4.78, 5) is 4.19. The van der Waals surface area contributed by atoms with Crippen LogP contribution >= 0.6 is 0 Å². The van der Waals surface area contributed by atoms with Crippen molar-refractivity contribution in [3.63, 3.8) is 0 Å². The van der Waals surface area contributed by atoms with Gasteiger partial charge in [-0.3, -0.25) is 4.98 Å². The lowest BCUT2D eigenvalue weighted by molar-refractivity contribution is 0.146. The van der Waals surface area contributed by atoms with Gasteiger partial charge in [-0.05, 0) is 24.3 Å². The lowest BCUT2D eigenvalue weighted by Gasteiger charge is -2.06. The molecular formula is C13H12N2O2. The maximum absolute atomic E-state index is 8.80. The molecule has 1 aromatic heterocycles. The summed E-state index contributed by atoms with van der Waals surface area (Å²) in [5, 5.41) is 9.70. The molecule has 1 aromatic carbocycles. The minimum absolute atomic E-state index is 0.507. The highest BCUT2D eigenvalue weighted by Gasteiger charge is 2.00. The number of pyridine rings is 1. The van der Waals surface area contributed by atoms with Crippen molar-refractivity contribution >= 4 is 10.9 Å². The lowest BCUT2D eigenvalue weighted by Crippen LogP contribution is -2.04. The average molecular weight is 228 g/mol. The van der Waals surface area contributed by atoms with Crippen molar-refractivity contribution in [3.8, 4) is 11.8 Å². The van der Waals surface area contributed by atoms with Crippen molar-refractivity contribution in [3.05, 3.63) is 36.0 Å². The Hall–Kier alpha value is -2.12. The molecule has 4 heteroatoms. The van der Waals surface area contributed by atoms with Crippen LogP contribution in [0.3, 0.4) is 0 Å². The Balaban J connectivity index is 2.26. The summed E-state index contributed by atoms with van der Waals surface area (Å²) in [6, 6.07) is 9.47. The van der Waals surface area contributed by atoms with E-state index < -0.39 is 0 Å². The predicted octanol–water partition coefficient (Wildman–Crippen LogP) is 2.13. The van der Waals surface area contributed by atoms with E-state index in [0.29, 0.717) is 18.8 Å². The van der Waals surface area contributed by atoms with Crippen molar-refractivity contribution in [1.29, 1.82) is 5.26 Å². The summed E-state index contributed by atoms with van der Waals surface area (Å²) in [5.41, 5.74) is 1.40. The van der Waals surface area contributed by atoms with E-state index in [1.54, 1.807) is 19.4 Å². The van der Waals surface area contributed by atoms with Crippen LogP contribution in [0.25, 0.3) is 10.9 Å². The minimum Gasteiger partial charge on any atom is -0.491 e. The third-order valence-corrected chi connectivity index (χ3v) is 2.34. The molecule has 0 amide bonds. The molecule has 0 aliphatic rings. The first-order valence-corrected chi connectivity index (χ1v) is 5.25. The molecule has 0 aliphatic carbocycles. The normalized spacial score (nSPS) is 10.1. The van der Waals surface area contributed by atoms with Crippen molar-refractivity contribution < 1.29 is 9.47 Å². The van der Waals surface area contributed by atoms with Gasteiger partial charge in [-0.1, -0.05) is 0 Å². The van der Waals surface area contributed by atoms with Crippen LogP contribution < -0.4 is 4.74 Å². The third-order valence-electron chi connectivity index (χ3n) is 2.34. The Labute approximate surface area is 99.4 Å². The van der Waals surface area contributed by atoms with E-state index in [-0.39, 0.29) is 0 Å². The quantitative estimate of drug-likeness (QED) is 0.752. The maximum Gasteiger partial charge on any atom is 0.120 e. The van der Waals surface area contributed by atoms with Crippen LogP contribution in [0.4, 0.5) is 0 Å². The number of ether oxygens (including phenoxy) is 2. The van der Waals surface area contributed by atoms with Gasteiger partial charge in [0.1, 0.15) is 18.4 Å². The fourth-order valence-electron chi connectivity index (χ4n) is 1.50. The second-order valence-corrected chi connectivity index (χ2v) is 3.53. The summed E-state index contributed by atoms with van der Waals surface area (Å²) in [7, 11) is 1.63. The van der Waals surface area contributed by atoms with Crippen LogP contribution in [-0.4, -0.2) is 25.3 Å². The topological polar surface area (TPSA) is 55.1 Å². The van der Waals surface area contributed by atoms with Crippen molar-refractivity contribution in [2.75, 3.05) is 20.3 Å². The van der Waals surface area contributed by atoms with E-state index in [0.717, 1.165) is 16.7 Å². The Bertz CT molecular complexity index is 561. The van der Waals surface area contributed by atoms with Crippen LogP contribution in [-0.2, 0) is 4.74 Å². The summed E-state index contributed by atoms with van der Waals surface area (Å²) in [5.74, 6) is 0.756. The van der Waals surface area contributed by atoms with Gasteiger partial charge in [0.2, 0.25) is 0 Å². The molecule has 1 heterocycles. The van der Waals surface area contributed by atoms with Gasteiger partial charge in [0.05, 0.1) is 17.7 Å². The van der Waals surface area contributed by atoms with E-state index in [1.807, 2.05) is 18.2 Å². The number of rotatable bonds is 4. The van der Waals surface area contributed by atoms with Crippen molar-refractivity contribution in [1.82, 2.24) is 4.98 Å². The molecule has 0 saturated heterocycles. The van der Waals surface area contributed by atoms with Crippen LogP contribution in [0.2, 0.25) is 0 Å². The van der Waals surface area contributed by atoms with Crippen molar-refractivity contribution in [2.24, 2.45) is 0 Å². The number of aromatic nitrogens is 1. The second kappa shape index (κ2) is 5.28. The van der Waals surface area contributed by atoms with Gasteiger partial charge in [0.15, 0.2) is 0 Å². The fourth-order valence-corrected chi connectivity index (χ4v) is 1.50. The third kappa shape index (κ3) is 2.71. The first kappa shape index (κ1) is 11.4. The molecular weight excluding hydrogens is 216 g/mol. The largest absolute Gasteiger partial charge is 0.491 e. The van der Waals surface area contributed by atoms with Gasteiger partial charge in [-0.25, -0.2) is 0 Å². The van der Waals surface area contributed by atoms with Gasteiger partial charge in [0.25, 0.3) is 0 Å². The van der Waals surface area contributed by atoms with E-state index in [4.69, 9.17) is 14.7 Å². The van der Waals surface area contributed by atoms with Crippen LogP contribution in [0.1, 0.15) is 5.56 Å². The molecule has 86 valence electrons. The first-order chi connectivity index (χ1) is 8.33. The first-order valence-electron chi connectivity index (χ1n) is 5.25. The molecule has 2 aromatic rings. The zero-order chi connectivity index (χ0) is 12.1. The fraction of sp³-hybridized carbons (Fsp3) is 0.231. The van der Waals surface area contributed by atoms with E-state index in [9.17, 15) is 0 Å². The molecule has 0 N–H and O–H groups in total. The smallest absolute Gasteiger partial charge is 0.120 e. The zero-order valence-electron chi connectivity index (χ0n) is 9.51. The zero-order valence-corrected chi connectivity index (χ0v) is 9.51. The number of nitriles is 1. The van der Waals surface area contributed by atoms with E-state index in [2.05, 4.69) is 11.1 Å². The molecule has 0 fully saturated rings. The molecule has 0 radical (unpaired) electrons. The molecule has 2 rings (SSSR count). The summed E-state index contributed by atoms with van der Waals surface area (Å²) in [6.45, 7) is 1.06. The van der Waals surface area contributed by atoms with Gasteiger partial charge >= 0.3 is 0 Å². The Kier molecular flexibility index (Phi) is 3.53. The molecule has 4 nitrogen and oxygen atoms in total. The van der Waals surface area contributed by atoms with Crippen LogP contribution in [0, 0.1) is 11.3 Å². The number of fused-ring (bicyclic) bond motifs is 1. The van der Waals surface area contributed by atoms with Gasteiger partial charge in [-0.15, -0.1) is 0 Å². The van der Waals surface area contributed by atoms with E-state index >= 15 is 0 Å².